The van der Waals surface area contributed by atoms with Crippen molar-refractivity contribution in [2.45, 2.75) is 20.0 Å². The molecule has 1 aliphatic rings. The SMILES string of the molecule is COCc1nsc(NC(=O)[C@@H]2C[C@H]2C)n1. The molecule has 5 nitrogen and oxygen atoms in total. The highest BCUT2D eigenvalue weighted by atomic mass is 32.1. The Kier molecular flexibility index (Phi) is 2.97. The molecule has 0 spiro atoms. The van der Waals surface area contributed by atoms with Gasteiger partial charge in [0.05, 0.1) is 0 Å². The molecule has 0 unspecified atom stereocenters. The number of methoxy groups -OCH3 is 1. The van der Waals surface area contributed by atoms with Crippen LogP contribution >= 0.6 is 11.5 Å². The van der Waals surface area contributed by atoms with Crippen LogP contribution in [0.15, 0.2) is 0 Å². The van der Waals surface area contributed by atoms with E-state index < -0.39 is 0 Å². The Balaban J connectivity index is 1.90. The van der Waals surface area contributed by atoms with Crippen LogP contribution < -0.4 is 5.32 Å². The van der Waals surface area contributed by atoms with Crippen molar-refractivity contribution in [1.29, 1.82) is 0 Å². The summed E-state index contributed by atoms with van der Waals surface area (Å²) >= 11 is 1.19. The number of amides is 1. The third-order valence-electron chi connectivity index (χ3n) is 2.42. The predicted molar refractivity (Wildman–Crippen MR) is 56.5 cm³/mol. The number of ether oxygens (including phenoxy) is 1. The van der Waals surface area contributed by atoms with Crippen LogP contribution in [-0.2, 0) is 16.1 Å². The van der Waals surface area contributed by atoms with Crippen molar-refractivity contribution < 1.29 is 9.53 Å². The van der Waals surface area contributed by atoms with E-state index in [1.54, 1.807) is 7.11 Å². The molecule has 0 bridgehead atoms. The van der Waals surface area contributed by atoms with Gasteiger partial charge in [0.25, 0.3) is 0 Å². The zero-order chi connectivity index (χ0) is 10.8. The second-order valence-electron chi connectivity index (χ2n) is 3.76. The normalized spacial score (nSPS) is 23.9. The molecule has 1 heterocycles. The van der Waals surface area contributed by atoms with Crippen LogP contribution in [0.5, 0.6) is 0 Å². The zero-order valence-corrected chi connectivity index (χ0v) is 9.50. The number of carbonyl (C=O) groups is 1. The molecule has 2 atom stereocenters. The number of nitrogens with one attached hydrogen (secondary N) is 1. The van der Waals surface area contributed by atoms with Crippen molar-refractivity contribution in [1.82, 2.24) is 9.36 Å². The first-order valence-corrected chi connectivity index (χ1v) is 5.60. The molecule has 0 saturated heterocycles. The second kappa shape index (κ2) is 4.24. The zero-order valence-electron chi connectivity index (χ0n) is 8.69. The second-order valence-corrected chi connectivity index (χ2v) is 4.51. The van der Waals surface area contributed by atoms with E-state index in [2.05, 4.69) is 21.6 Å². The highest BCUT2D eigenvalue weighted by molar-refractivity contribution is 7.09. The van der Waals surface area contributed by atoms with Gasteiger partial charge in [0, 0.05) is 24.6 Å². The molecule has 6 heteroatoms. The lowest BCUT2D eigenvalue weighted by Crippen LogP contribution is -2.14. The van der Waals surface area contributed by atoms with Crippen molar-refractivity contribution in [2.75, 3.05) is 12.4 Å². The Morgan fingerprint density at radius 1 is 1.73 bits per heavy atom. The van der Waals surface area contributed by atoms with Gasteiger partial charge in [-0.15, -0.1) is 0 Å². The van der Waals surface area contributed by atoms with E-state index in [0.717, 1.165) is 6.42 Å². The molecule has 1 aromatic heterocycles. The summed E-state index contributed by atoms with van der Waals surface area (Å²) in [6.07, 6.45) is 0.982. The van der Waals surface area contributed by atoms with Gasteiger partial charge in [-0.3, -0.25) is 4.79 Å². The average Bonchev–Trinajstić information content (AvgIpc) is 2.76. The number of aromatic nitrogens is 2. The summed E-state index contributed by atoms with van der Waals surface area (Å²) in [4.78, 5) is 15.7. The van der Waals surface area contributed by atoms with Crippen molar-refractivity contribution in [3.8, 4) is 0 Å². The lowest BCUT2D eigenvalue weighted by molar-refractivity contribution is -0.117. The Morgan fingerprint density at radius 2 is 2.47 bits per heavy atom. The topological polar surface area (TPSA) is 64.1 Å². The van der Waals surface area contributed by atoms with E-state index in [1.165, 1.54) is 11.5 Å². The van der Waals surface area contributed by atoms with E-state index in [9.17, 15) is 4.79 Å². The Labute approximate surface area is 92.0 Å². The molecular formula is C9H13N3O2S. The van der Waals surface area contributed by atoms with Gasteiger partial charge >= 0.3 is 0 Å². The molecule has 1 N–H and O–H groups in total. The fraction of sp³-hybridized carbons (Fsp3) is 0.667. The van der Waals surface area contributed by atoms with Gasteiger partial charge in [0.15, 0.2) is 5.82 Å². The van der Waals surface area contributed by atoms with Crippen LogP contribution in [0.25, 0.3) is 0 Å². The largest absolute Gasteiger partial charge is 0.377 e. The lowest BCUT2D eigenvalue weighted by Gasteiger charge is -1.97. The van der Waals surface area contributed by atoms with E-state index in [4.69, 9.17) is 4.74 Å². The summed E-state index contributed by atoms with van der Waals surface area (Å²) in [5, 5.41) is 3.32. The predicted octanol–water partition coefficient (Wildman–Crippen LogP) is 1.28. The van der Waals surface area contributed by atoms with Crippen LogP contribution in [0.2, 0.25) is 0 Å². The van der Waals surface area contributed by atoms with E-state index in [1.807, 2.05) is 0 Å². The summed E-state index contributed by atoms with van der Waals surface area (Å²) in [7, 11) is 1.59. The highest BCUT2D eigenvalue weighted by Gasteiger charge is 2.39. The summed E-state index contributed by atoms with van der Waals surface area (Å²) in [5.74, 6) is 1.35. The minimum Gasteiger partial charge on any atom is -0.377 e. The standard InChI is InChI=1S/C9H13N3O2S/c1-5-3-6(5)8(13)11-9-10-7(4-14-2)12-15-9/h5-6H,3-4H2,1-2H3,(H,10,11,12,13)/t5-,6-/m1/s1. The van der Waals surface area contributed by atoms with Crippen molar-refractivity contribution in [3.05, 3.63) is 5.82 Å². The van der Waals surface area contributed by atoms with Gasteiger partial charge in [-0.25, -0.2) is 4.98 Å². The first kappa shape index (κ1) is 10.5. The monoisotopic (exact) mass is 227 g/mol. The lowest BCUT2D eigenvalue weighted by atomic mass is 10.3. The number of anilines is 1. The average molecular weight is 227 g/mol. The molecule has 1 fully saturated rings. The quantitative estimate of drug-likeness (QED) is 0.841. The minimum absolute atomic E-state index is 0.0580. The van der Waals surface area contributed by atoms with Gasteiger partial charge < -0.3 is 10.1 Å². The molecule has 2 rings (SSSR count). The molecule has 82 valence electrons. The smallest absolute Gasteiger partial charge is 0.229 e. The van der Waals surface area contributed by atoms with E-state index >= 15 is 0 Å². The third-order valence-corrected chi connectivity index (χ3v) is 3.09. The highest BCUT2D eigenvalue weighted by Crippen LogP contribution is 2.38. The summed E-state index contributed by atoms with van der Waals surface area (Å²) < 4.78 is 8.94. The van der Waals surface area contributed by atoms with Gasteiger partial charge in [-0.2, -0.15) is 4.37 Å². The summed E-state index contributed by atoms with van der Waals surface area (Å²) in [6.45, 7) is 2.45. The van der Waals surface area contributed by atoms with Crippen LogP contribution in [0.4, 0.5) is 5.13 Å². The Bertz CT molecular complexity index is 366. The van der Waals surface area contributed by atoms with Gasteiger partial charge in [0.2, 0.25) is 11.0 Å². The van der Waals surface area contributed by atoms with Crippen molar-refractivity contribution >= 4 is 22.6 Å². The number of rotatable bonds is 4. The summed E-state index contributed by atoms with van der Waals surface area (Å²) in [5.41, 5.74) is 0. The maximum atomic E-state index is 11.5. The fourth-order valence-corrected chi connectivity index (χ4v) is 1.96. The van der Waals surface area contributed by atoms with Crippen LogP contribution in [-0.4, -0.2) is 22.4 Å². The van der Waals surface area contributed by atoms with Crippen molar-refractivity contribution in [3.63, 3.8) is 0 Å². The molecule has 1 saturated carbocycles. The molecule has 1 aromatic rings. The molecule has 15 heavy (non-hydrogen) atoms. The van der Waals surface area contributed by atoms with Crippen LogP contribution in [0.3, 0.4) is 0 Å². The van der Waals surface area contributed by atoms with Crippen LogP contribution in [0.1, 0.15) is 19.2 Å². The molecule has 1 aliphatic carbocycles. The molecule has 0 radical (unpaired) electrons. The van der Waals surface area contributed by atoms with Crippen LogP contribution in [0, 0.1) is 11.8 Å². The molecule has 1 amide bonds. The third kappa shape index (κ3) is 2.51. The maximum absolute atomic E-state index is 11.5. The summed E-state index contributed by atoms with van der Waals surface area (Å²) in [6, 6.07) is 0. The van der Waals surface area contributed by atoms with Crippen molar-refractivity contribution in [2.24, 2.45) is 11.8 Å². The van der Waals surface area contributed by atoms with Gasteiger partial charge in [-0.05, 0) is 12.3 Å². The molecule has 0 aliphatic heterocycles. The fourth-order valence-electron chi connectivity index (χ4n) is 1.38. The Morgan fingerprint density at radius 3 is 3.07 bits per heavy atom. The number of carbonyl (C=O) groups excluding carboxylic acids is 1. The molecular weight excluding hydrogens is 214 g/mol. The first-order valence-electron chi connectivity index (χ1n) is 4.83. The van der Waals surface area contributed by atoms with Gasteiger partial charge in [-0.1, -0.05) is 6.92 Å². The number of hydrogen-bond acceptors (Lipinski definition) is 5. The van der Waals surface area contributed by atoms with E-state index in [0.29, 0.717) is 23.5 Å². The van der Waals surface area contributed by atoms with E-state index in [-0.39, 0.29) is 11.8 Å². The molecule has 0 aromatic carbocycles. The first-order chi connectivity index (χ1) is 7.20. The number of hydrogen-bond donors (Lipinski definition) is 1. The minimum atomic E-state index is 0.0580. The maximum Gasteiger partial charge on any atom is 0.229 e. The Hall–Kier alpha value is -1.01. The number of nitrogens with zero attached hydrogens (tertiary/aromatic N) is 2. The van der Waals surface area contributed by atoms with Gasteiger partial charge in [0.1, 0.15) is 6.61 Å².